The topological polar surface area (TPSA) is 33.7 Å². The first-order chi connectivity index (χ1) is 7.86. The fourth-order valence-electron chi connectivity index (χ4n) is 3.18. The monoisotopic (exact) mass is 226 g/mol. The van der Waals surface area contributed by atoms with Crippen LogP contribution < -0.4 is 5.32 Å². The van der Waals surface area contributed by atoms with Gasteiger partial charge in [0.15, 0.2) is 0 Å². The van der Waals surface area contributed by atoms with Crippen LogP contribution >= 0.6 is 0 Å². The van der Waals surface area contributed by atoms with Crippen molar-refractivity contribution in [2.45, 2.75) is 18.9 Å². The lowest BCUT2D eigenvalue weighted by atomic mass is 9.73. The third-order valence-corrected chi connectivity index (χ3v) is 4.14. The lowest BCUT2D eigenvalue weighted by Crippen LogP contribution is -2.61. The van der Waals surface area contributed by atoms with Gasteiger partial charge in [0.05, 0.1) is 12.7 Å². The van der Waals surface area contributed by atoms with Crippen LogP contribution in [-0.4, -0.2) is 63.5 Å². The van der Waals surface area contributed by atoms with Gasteiger partial charge >= 0.3 is 0 Å². The molecular formula is C12H22N2O2. The molecule has 3 aliphatic heterocycles. The second kappa shape index (κ2) is 4.61. The van der Waals surface area contributed by atoms with E-state index in [0.29, 0.717) is 11.5 Å². The third-order valence-electron chi connectivity index (χ3n) is 4.14. The lowest BCUT2D eigenvalue weighted by Gasteiger charge is -2.53. The standard InChI is InChI=1S/C12H22N2O2/c1-4-15-5-2-12(1)9-14(10-12)8-11-7-13-3-6-16-11/h11,13H,1-10H2. The second-order valence-electron chi connectivity index (χ2n) is 5.48. The Morgan fingerprint density at radius 1 is 1.19 bits per heavy atom. The third kappa shape index (κ3) is 2.25. The molecule has 0 aromatic carbocycles. The average Bonchev–Trinajstić information content (AvgIpc) is 2.30. The SMILES string of the molecule is C1COC(CN2CC3(CCOCC3)C2)CN1. The average molecular weight is 226 g/mol. The van der Waals surface area contributed by atoms with E-state index in [-0.39, 0.29) is 0 Å². The van der Waals surface area contributed by atoms with Gasteiger partial charge in [-0.1, -0.05) is 0 Å². The molecular weight excluding hydrogens is 204 g/mol. The van der Waals surface area contributed by atoms with Crippen LogP contribution in [0.15, 0.2) is 0 Å². The number of rotatable bonds is 2. The highest BCUT2D eigenvalue weighted by atomic mass is 16.5. The number of morpholine rings is 1. The molecule has 3 heterocycles. The Labute approximate surface area is 97.3 Å². The Morgan fingerprint density at radius 2 is 2.00 bits per heavy atom. The molecule has 0 aromatic heterocycles. The number of hydrogen-bond acceptors (Lipinski definition) is 4. The van der Waals surface area contributed by atoms with Crippen molar-refractivity contribution in [2.24, 2.45) is 5.41 Å². The quantitative estimate of drug-likeness (QED) is 0.723. The number of ether oxygens (including phenoxy) is 2. The van der Waals surface area contributed by atoms with E-state index in [2.05, 4.69) is 10.2 Å². The van der Waals surface area contributed by atoms with Gasteiger partial charge in [0.1, 0.15) is 0 Å². The van der Waals surface area contributed by atoms with E-state index in [9.17, 15) is 0 Å². The minimum atomic E-state index is 0.408. The van der Waals surface area contributed by atoms with Crippen molar-refractivity contribution in [3.05, 3.63) is 0 Å². The van der Waals surface area contributed by atoms with E-state index in [1.807, 2.05) is 0 Å². The number of nitrogens with one attached hydrogen (secondary N) is 1. The molecule has 0 amide bonds. The van der Waals surface area contributed by atoms with Crippen LogP contribution in [0.5, 0.6) is 0 Å². The van der Waals surface area contributed by atoms with E-state index in [1.54, 1.807) is 0 Å². The highest BCUT2D eigenvalue weighted by Gasteiger charge is 2.44. The van der Waals surface area contributed by atoms with Crippen LogP contribution in [-0.2, 0) is 9.47 Å². The molecule has 1 atom stereocenters. The van der Waals surface area contributed by atoms with Gasteiger partial charge in [-0.2, -0.15) is 0 Å². The summed E-state index contributed by atoms with van der Waals surface area (Å²) in [5.74, 6) is 0. The van der Waals surface area contributed by atoms with E-state index >= 15 is 0 Å². The molecule has 0 radical (unpaired) electrons. The fraction of sp³-hybridized carbons (Fsp3) is 1.00. The minimum Gasteiger partial charge on any atom is -0.381 e. The van der Waals surface area contributed by atoms with Gasteiger partial charge in [-0.15, -0.1) is 0 Å². The Bertz CT molecular complexity index is 224. The summed E-state index contributed by atoms with van der Waals surface area (Å²) in [6, 6.07) is 0. The normalized spacial score (nSPS) is 34.9. The van der Waals surface area contributed by atoms with Crippen molar-refractivity contribution < 1.29 is 9.47 Å². The van der Waals surface area contributed by atoms with Crippen LogP contribution in [0.1, 0.15) is 12.8 Å². The highest BCUT2D eigenvalue weighted by molar-refractivity contribution is 4.96. The summed E-state index contributed by atoms with van der Waals surface area (Å²) >= 11 is 0. The summed E-state index contributed by atoms with van der Waals surface area (Å²) in [6.45, 7) is 8.47. The predicted molar refractivity (Wildman–Crippen MR) is 61.5 cm³/mol. The van der Waals surface area contributed by atoms with Gasteiger partial charge in [0, 0.05) is 51.4 Å². The maximum atomic E-state index is 5.73. The maximum absolute atomic E-state index is 5.73. The van der Waals surface area contributed by atoms with Crippen molar-refractivity contribution in [3.63, 3.8) is 0 Å². The molecule has 1 N–H and O–H groups in total. The van der Waals surface area contributed by atoms with Crippen LogP contribution in [0.25, 0.3) is 0 Å². The molecule has 16 heavy (non-hydrogen) atoms. The number of likely N-dealkylation sites (tertiary alicyclic amines) is 1. The van der Waals surface area contributed by atoms with Gasteiger partial charge in [-0.05, 0) is 12.8 Å². The summed E-state index contributed by atoms with van der Waals surface area (Å²) in [4.78, 5) is 2.54. The van der Waals surface area contributed by atoms with Gasteiger partial charge in [-0.25, -0.2) is 0 Å². The van der Waals surface area contributed by atoms with Crippen molar-refractivity contribution in [2.75, 3.05) is 52.5 Å². The molecule has 3 saturated heterocycles. The van der Waals surface area contributed by atoms with E-state index < -0.39 is 0 Å². The molecule has 0 aromatic rings. The van der Waals surface area contributed by atoms with Crippen molar-refractivity contribution in [1.29, 1.82) is 0 Å². The van der Waals surface area contributed by atoms with Crippen molar-refractivity contribution in [1.82, 2.24) is 10.2 Å². The summed E-state index contributed by atoms with van der Waals surface area (Å²) in [6.07, 6.45) is 2.92. The summed E-state index contributed by atoms with van der Waals surface area (Å²) in [5, 5.41) is 3.39. The molecule has 0 saturated carbocycles. The smallest absolute Gasteiger partial charge is 0.0826 e. The molecule has 0 aliphatic carbocycles. The Kier molecular flexibility index (Phi) is 3.16. The minimum absolute atomic E-state index is 0.408. The first kappa shape index (κ1) is 11.0. The summed E-state index contributed by atoms with van der Waals surface area (Å²) in [5.41, 5.74) is 0.598. The van der Waals surface area contributed by atoms with Crippen molar-refractivity contribution in [3.8, 4) is 0 Å². The molecule has 0 bridgehead atoms. The Balaban J connectivity index is 1.42. The summed E-state index contributed by atoms with van der Waals surface area (Å²) < 4.78 is 11.2. The predicted octanol–water partition coefficient (Wildman–Crippen LogP) is 0.0872. The lowest BCUT2D eigenvalue weighted by molar-refractivity contribution is -0.101. The molecule has 1 spiro atoms. The zero-order chi connectivity index (χ0) is 10.8. The first-order valence-electron chi connectivity index (χ1n) is 6.49. The van der Waals surface area contributed by atoms with Crippen molar-refractivity contribution >= 4 is 0 Å². The maximum Gasteiger partial charge on any atom is 0.0826 e. The van der Waals surface area contributed by atoms with E-state index in [0.717, 1.165) is 39.5 Å². The molecule has 3 rings (SSSR count). The van der Waals surface area contributed by atoms with Gasteiger partial charge < -0.3 is 14.8 Å². The molecule has 3 fully saturated rings. The zero-order valence-corrected chi connectivity index (χ0v) is 9.91. The molecule has 92 valence electrons. The second-order valence-corrected chi connectivity index (χ2v) is 5.48. The van der Waals surface area contributed by atoms with Gasteiger partial charge in [0.2, 0.25) is 0 Å². The van der Waals surface area contributed by atoms with E-state index in [4.69, 9.17) is 9.47 Å². The van der Waals surface area contributed by atoms with Gasteiger partial charge in [0.25, 0.3) is 0 Å². The van der Waals surface area contributed by atoms with Crippen LogP contribution in [0.3, 0.4) is 0 Å². The fourth-order valence-corrected chi connectivity index (χ4v) is 3.18. The summed E-state index contributed by atoms with van der Waals surface area (Å²) in [7, 11) is 0. The molecule has 4 heteroatoms. The van der Waals surface area contributed by atoms with Gasteiger partial charge in [-0.3, -0.25) is 4.90 Å². The Morgan fingerprint density at radius 3 is 2.69 bits per heavy atom. The number of hydrogen-bond donors (Lipinski definition) is 1. The van der Waals surface area contributed by atoms with Crippen LogP contribution in [0.2, 0.25) is 0 Å². The zero-order valence-electron chi connectivity index (χ0n) is 9.91. The van der Waals surface area contributed by atoms with E-state index in [1.165, 1.54) is 25.9 Å². The Hall–Kier alpha value is -0.160. The molecule has 4 nitrogen and oxygen atoms in total. The molecule has 3 aliphatic rings. The van der Waals surface area contributed by atoms with Crippen LogP contribution in [0.4, 0.5) is 0 Å². The largest absolute Gasteiger partial charge is 0.381 e. The molecule has 1 unspecified atom stereocenters. The highest BCUT2D eigenvalue weighted by Crippen LogP contribution is 2.39. The first-order valence-corrected chi connectivity index (χ1v) is 6.49. The number of nitrogens with zero attached hydrogens (tertiary/aromatic N) is 1. The van der Waals surface area contributed by atoms with Crippen LogP contribution in [0, 0.1) is 5.41 Å².